The van der Waals surface area contributed by atoms with Gasteiger partial charge in [0.25, 0.3) is 11.5 Å². The first-order chi connectivity index (χ1) is 12.5. The van der Waals surface area contributed by atoms with Gasteiger partial charge in [0.15, 0.2) is 5.69 Å². The molecule has 26 heavy (non-hydrogen) atoms. The van der Waals surface area contributed by atoms with Gasteiger partial charge in [-0.1, -0.05) is 30.3 Å². The number of aryl methyl sites for hydroxylation is 1. The van der Waals surface area contributed by atoms with E-state index < -0.39 is 5.91 Å². The van der Waals surface area contributed by atoms with Crippen LogP contribution in [-0.2, 0) is 7.05 Å². The monoisotopic (exact) mass is 350 g/mol. The van der Waals surface area contributed by atoms with Crippen LogP contribution >= 0.6 is 0 Å². The van der Waals surface area contributed by atoms with Crippen molar-refractivity contribution in [2.45, 2.75) is 6.92 Å². The smallest absolute Gasteiger partial charge is 0.292 e. The number of carbonyl (C=O) groups excluding carboxylic acids is 1. The van der Waals surface area contributed by atoms with E-state index in [1.54, 1.807) is 38.3 Å². The Morgan fingerprint density at radius 1 is 1.15 bits per heavy atom. The van der Waals surface area contributed by atoms with E-state index in [2.05, 4.69) is 15.6 Å². The van der Waals surface area contributed by atoms with Gasteiger partial charge in [-0.25, -0.2) is 10.1 Å². The highest BCUT2D eigenvalue weighted by molar-refractivity contribution is 6.06. The fourth-order valence-electron chi connectivity index (χ4n) is 2.57. The van der Waals surface area contributed by atoms with Crippen molar-refractivity contribution in [3.63, 3.8) is 0 Å². The number of benzene rings is 2. The summed E-state index contributed by atoms with van der Waals surface area (Å²) < 4.78 is 6.34. The maximum absolute atomic E-state index is 12.6. The minimum Gasteiger partial charge on any atom is -0.497 e. The van der Waals surface area contributed by atoms with Gasteiger partial charge in [0.1, 0.15) is 5.75 Å². The Kier molecular flexibility index (Phi) is 4.79. The van der Waals surface area contributed by atoms with Crippen LogP contribution in [0.3, 0.4) is 0 Å². The van der Waals surface area contributed by atoms with Crippen molar-refractivity contribution in [3.05, 3.63) is 70.1 Å². The van der Waals surface area contributed by atoms with Crippen molar-refractivity contribution in [2.75, 3.05) is 7.11 Å². The van der Waals surface area contributed by atoms with E-state index in [0.717, 1.165) is 10.2 Å². The number of rotatable bonds is 4. The number of hydrogen-bond acceptors (Lipinski definition) is 5. The lowest BCUT2D eigenvalue weighted by Gasteiger charge is -2.08. The lowest BCUT2D eigenvalue weighted by atomic mass is 10.1. The molecule has 0 saturated heterocycles. The molecule has 2 aromatic carbocycles. The molecular weight excluding hydrogens is 332 g/mol. The third kappa shape index (κ3) is 3.32. The Balaban J connectivity index is 1.92. The van der Waals surface area contributed by atoms with E-state index in [1.165, 1.54) is 7.05 Å². The van der Waals surface area contributed by atoms with Crippen molar-refractivity contribution < 1.29 is 9.53 Å². The number of methoxy groups -OCH3 is 1. The maximum Gasteiger partial charge on any atom is 0.292 e. The number of carbonyl (C=O) groups is 1. The number of nitrogens with zero attached hydrogens (tertiary/aromatic N) is 3. The number of hydrazone groups is 1. The van der Waals surface area contributed by atoms with Gasteiger partial charge < -0.3 is 4.74 Å². The zero-order chi connectivity index (χ0) is 18.7. The van der Waals surface area contributed by atoms with E-state index >= 15 is 0 Å². The Hall–Kier alpha value is -3.48. The van der Waals surface area contributed by atoms with Crippen LogP contribution in [-0.4, -0.2) is 28.5 Å². The van der Waals surface area contributed by atoms with Gasteiger partial charge in [0.05, 0.1) is 18.2 Å². The lowest BCUT2D eigenvalue weighted by Crippen LogP contribution is -2.27. The van der Waals surface area contributed by atoms with Crippen LogP contribution in [0, 0.1) is 0 Å². The number of fused-ring (bicyclic) bond motifs is 1. The van der Waals surface area contributed by atoms with Crippen LogP contribution in [0.5, 0.6) is 5.75 Å². The van der Waals surface area contributed by atoms with E-state index in [4.69, 9.17) is 4.74 Å². The fraction of sp³-hybridized carbons (Fsp3) is 0.158. The van der Waals surface area contributed by atoms with Crippen molar-refractivity contribution in [3.8, 4) is 5.75 Å². The lowest BCUT2D eigenvalue weighted by molar-refractivity contribution is 0.0949. The molecule has 0 saturated carbocycles. The SMILES string of the molecule is COc1cccc(/C(C)=N/NC(=O)c2nn(C)c(=O)c3ccccc23)c1. The third-order valence-electron chi connectivity index (χ3n) is 3.98. The summed E-state index contributed by atoms with van der Waals surface area (Å²) in [6, 6.07) is 14.2. The molecule has 3 aromatic rings. The van der Waals surface area contributed by atoms with Gasteiger partial charge in [0.2, 0.25) is 0 Å². The maximum atomic E-state index is 12.6. The summed E-state index contributed by atoms with van der Waals surface area (Å²) in [7, 11) is 3.10. The van der Waals surface area contributed by atoms with Gasteiger partial charge in [0, 0.05) is 18.0 Å². The second-order valence-corrected chi connectivity index (χ2v) is 5.69. The van der Waals surface area contributed by atoms with E-state index in [0.29, 0.717) is 22.2 Å². The van der Waals surface area contributed by atoms with Crippen molar-refractivity contribution >= 4 is 22.4 Å². The Bertz CT molecular complexity index is 1070. The van der Waals surface area contributed by atoms with Gasteiger partial charge in [-0.05, 0) is 25.1 Å². The van der Waals surface area contributed by atoms with Crippen molar-refractivity contribution in [2.24, 2.45) is 12.1 Å². The number of nitrogens with one attached hydrogen (secondary N) is 1. The van der Waals surface area contributed by atoms with E-state index in [9.17, 15) is 9.59 Å². The summed E-state index contributed by atoms with van der Waals surface area (Å²) in [5.41, 5.74) is 3.83. The molecule has 1 amide bonds. The molecule has 7 nitrogen and oxygen atoms in total. The molecule has 7 heteroatoms. The summed E-state index contributed by atoms with van der Waals surface area (Å²) in [5, 5.41) is 9.14. The molecule has 3 rings (SSSR count). The molecule has 0 aliphatic heterocycles. The molecule has 0 bridgehead atoms. The first-order valence-electron chi connectivity index (χ1n) is 7.96. The highest BCUT2D eigenvalue weighted by Crippen LogP contribution is 2.14. The Labute approximate surface area is 149 Å². The molecule has 0 aliphatic carbocycles. The van der Waals surface area contributed by atoms with Crippen LogP contribution in [0.1, 0.15) is 23.0 Å². The average molecular weight is 350 g/mol. The molecule has 0 atom stereocenters. The van der Waals surface area contributed by atoms with Crippen LogP contribution in [0.15, 0.2) is 58.4 Å². The van der Waals surface area contributed by atoms with Crippen molar-refractivity contribution in [1.29, 1.82) is 0 Å². The zero-order valence-electron chi connectivity index (χ0n) is 14.7. The van der Waals surface area contributed by atoms with Crippen LogP contribution in [0.25, 0.3) is 10.8 Å². The molecular formula is C19H18N4O3. The largest absolute Gasteiger partial charge is 0.497 e. The molecule has 1 N–H and O–H groups in total. The summed E-state index contributed by atoms with van der Waals surface area (Å²) in [4.78, 5) is 24.7. The average Bonchev–Trinajstić information content (AvgIpc) is 2.68. The van der Waals surface area contributed by atoms with E-state index in [-0.39, 0.29) is 11.3 Å². The van der Waals surface area contributed by atoms with Crippen molar-refractivity contribution in [1.82, 2.24) is 15.2 Å². The van der Waals surface area contributed by atoms with Gasteiger partial charge >= 0.3 is 0 Å². The third-order valence-corrected chi connectivity index (χ3v) is 3.98. The number of amides is 1. The summed E-state index contributed by atoms with van der Waals surface area (Å²) in [6.45, 7) is 1.78. The Morgan fingerprint density at radius 3 is 2.62 bits per heavy atom. The number of ether oxygens (including phenoxy) is 1. The van der Waals surface area contributed by atoms with E-state index in [1.807, 2.05) is 24.3 Å². The molecule has 0 fully saturated rings. The number of hydrogen-bond donors (Lipinski definition) is 1. The van der Waals surface area contributed by atoms with Gasteiger partial charge in [-0.15, -0.1) is 0 Å². The summed E-state index contributed by atoms with van der Waals surface area (Å²) >= 11 is 0. The van der Waals surface area contributed by atoms with Gasteiger partial charge in [-0.2, -0.15) is 10.2 Å². The fourth-order valence-corrected chi connectivity index (χ4v) is 2.57. The quantitative estimate of drug-likeness (QED) is 0.577. The van der Waals surface area contributed by atoms with Gasteiger partial charge in [-0.3, -0.25) is 9.59 Å². The zero-order valence-corrected chi connectivity index (χ0v) is 14.7. The predicted octanol–water partition coefficient (Wildman–Crippen LogP) is 2.10. The minimum absolute atomic E-state index is 0.143. The minimum atomic E-state index is -0.487. The van der Waals surface area contributed by atoms with Crippen LogP contribution in [0.4, 0.5) is 0 Å². The molecule has 1 aromatic heterocycles. The molecule has 0 unspecified atom stereocenters. The van der Waals surface area contributed by atoms with Crippen LogP contribution in [0.2, 0.25) is 0 Å². The Morgan fingerprint density at radius 2 is 1.88 bits per heavy atom. The highest BCUT2D eigenvalue weighted by atomic mass is 16.5. The molecule has 0 radical (unpaired) electrons. The second-order valence-electron chi connectivity index (χ2n) is 5.69. The number of aromatic nitrogens is 2. The molecule has 132 valence electrons. The first kappa shape index (κ1) is 17.3. The standard InChI is InChI=1S/C19H18N4O3/c1-12(13-7-6-8-14(11-13)26-3)20-21-18(24)17-15-9-4-5-10-16(15)19(25)23(2)22-17/h4-11H,1-3H3,(H,21,24)/b20-12+. The van der Waals surface area contributed by atoms with Crippen LogP contribution < -0.4 is 15.7 Å². The first-order valence-corrected chi connectivity index (χ1v) is 7.96. The molecule has 0 spiro atoms. The topological polar surface area (TPSA) is 85.6 Å². The highest BCUT2D eigenvalue weighted by Gasteiger charge is 2.15. The second kappa shape index (κ2) is 7.18. The molecule has 0 aliphatic rings. The predicted molar refractivity (Wildman–Crippen MR) is 99.7 cm³/mol. The molecule has 1 heterocycles. The summed E-state index contributed by atoms with van der Waals surface area (Å²) in [5.74, 6) is 0.216. The normalized spacial score (nSPS) is 11.4. The summed E-state index contributed by atoms with van der Waals surface area (Å²) in [6.07, 6.45) is 0.